The van der Waals surface area contributed by atoms with Crippen LogP contribution in [-0.4, -0.2) is 22.9 Å². The van der Waals surface area contributed by atoms with Crippen molar-refractivity contribution in [1.29, 1.82) is 0 Å². The highest BCUT2D eigenvalue weighted by atomic mass is 16.6. The number of ether oxygens (including phenoxy) is 2. The summed E-state index contributed by atoms with van der Waals surface area (Å²) in [6.07, 6.45) is 1.21. The Morgan fingerprint density at radius 2 is 0.878 bits per heavy atom. The number of nitro groups is 2. The first-order valence-corrected chi connectivity index (χ1v) is 13.4. The molecule has 0 saturated heterocycles. The summed E-state index contributed by atoms with van der Waals surface area (Å²) < 4.78 is 11.5. The van der Waals surface area contributed by atoms with E-state index in [1.165, 1.54) is 30.7 Å². The zero-order valence-electron chi connectivity index (χ0n) is 22.3. The fourth-order valence-electron chi connectivity index (χ4n) is 4.51. The second-order valence-electron chi connectivity index (χ2n) is 10.0. The molecule has 0 amide bonds. The summed E-state index contributed by atoms with van der Waals surface area (Å²) in [4.78, 5) is 20.7. The molecule has 1 aliphatic rings. The second-order valence-corrected chi connectivity index (χ2v) is 10.0. The third-order valence-electron chi connectivity index (χ3n) is 6.95. The van der Waals surface area contributed by atoms with E-state index in [1.807, 2.05) is 48.5 Å². The topological polar surface area (TPSA) is 129 Å². The van der Waals surface area contributed by atoms with Crippen LogP contribution in [0.5, 0.6) is 23.0 Å². The SMILES string of the molecule is O=[N+]([O-])c1ccc(Oc2ccc(CNCC3CC3CNCc3ccc(Oc4ccc([N+](=O)[O-])cc4)cc3)cc2)cc1. The number of nitrogens with zero attached hydrogens (tertiary/aromatic N) is 2. The predicted octanol–water partition coefficient (Wildman–Crippen LogP) is 6.60. The fraction of sp³-hybridized carbons (Fsp3) is 0.226. The molecule has 210 valence electrons. The van der Waals surface area contributed by atoms with Crippen LogP contribution < -0.4 is 20.1 Å². The molecule has 0 spiro atoms. The molecule has 0 aliphatic heterocycles. The van der Waals surface area contributed by atoms with E-state index < -0.39 is 9.85 Å². The Morgan fingerprint density at radius 1 is 0.561 bits per heavy atom. The van der Waals surface area contributed by atoms with Gasteiger partial charge in [0.2, 0.25) is 0 Å². The van der Waals surface area contributed by atoms with E-state index in [-0.39, 0.29) is 11.4 Å². The number of benzene rings is 4. The van der Waals surface area contributed by atoms with Gasteiger partial charge in [0.05, 0.1) is 9.85 Å². The lowest BCUT2D eigenvalue weighted by atomic mass is 10.2. The van der Waals surface area contributed by atoms with Gasteiger partial charge in [-0.2, -0.15) is 0 Å². The predicted molar refractivity (Wildman–Crippen MR) is 154 cm³/mol. The van der Waals surface area contributed by atoms with Gasteiger partial charge in [-0.15, -0.1) is 0 Å². The van der Waals surface area contributed by atoms with Gasteiger partial charge in [-0.05, 0) is 91.0 Å². The van der Waals surface area contributed by atoms with Crippen LogP contribution in [0.3, 0.4) is 0 Å². The molecular weight excluding hydrogens is 524 g/mol. The number of hydrogen-bond donors (Lipinski definition) is 2. The van der Waals surface area contributed by atoms with E-state index in [1.54, 1.807) is 24.3 Å². The van der Waals surface area contributed by atoms with Crippen LogP contribution in [0.25, 0.3) is 0 Å². The number of rotatable bonds is 14. The molecule has 4 aromatic carbocycles. The lowest BCUT2D eigenvalue weighted by molar-refractivity contribution is -0.385. The van der Waals surface area contributed by atoms with Gasteiger partial charge in [0.25, 0.3) is 11.4 Å². The molecule has 10 heteroatoms. The first-order valence-electron chi connectivity index (χ1n) is 13.4. The van der Waals surface area contributed by atoms with E-state index in [2.05, 4.69) is 10.6 Å². The van der Waals surface area contributed by atoms with Crippen molar-refractivity contribution in [1.82, 2.24) is 10.6 Å². The first kappa shape index (κ1) is 27.8. The summed E-state index contributed by atoms with van der Waals surface area (Å²) in [7, 11) is 0. The van der Waals surface area contributed by atoms with Crippen LogP contribution in [0.1, 0.15) is 17.5 Å². The van der Waals surface area contributed by atoms with Crippen LogP contribution in [0, 0.1) is 32.1 Å². The summed E-state index contributed by atoms with van der Waals surface area (Å²) in [6.45, 7) is 3.51. The fourth-order valence-corrected chi connectivity index (χ4v) is 4.51. The molecule has 10 nitrogen and oxygen atoms in total. The van der Waals surface area contributed by atoms with E-state index in [9.17, 15) is 20.2 Å². The minimum absolute atomic E-state index is 0.0350. The maximum Gasteiger partial charge on any atom is 0.269 e. The molecule has 0 aromatic heterocycles. The van der Waals surface area contributed by atoms with Crippen LogP contribution in [0.15, 0.2) is 97.1 Å². The Kier molecular flexibility index (Phi) is 8.82. The van der Waals surface area contributed by atoms with Crippen molar-refractivity contribution in [2.45, 2.75) is 19.5 Å². The zero-order chi connectivity index (χ0) is 28.6. The highest BCUT2D eigenvalue weighted by molar-refractivity contribution is 5.40. The Labute approximate surface area is 237 Å². The van der Waals surface area contributed by atoms with Gasteiger partial charge < -0.3 is 20.1 Å². The van der Waals surface area contributed by atoms with E-state index in [4.69, 9.17) is 9.47 Å². The quantitative estimate of drug-likeness (QED) is 0.132. The molecule has 41 heavy (non-hydrogen) atoms. The summed E-state index contributed by atoms with van der Waals surface area (Å²) >= 11 is 0. The molecule has 1 fully saturated rings. The summed E-state index contributed by atoms with van der Waals surface area (Å²) in [6, 6.07) is 27.7. The van der Waals surface area contributed by atoms with Gasteiger partial charge in [-0.3, -0.25) is 20.2 Å². The molecule has 2 N–H and O–H groups in total. The Bertz CT molecular complexity index is 1350. The van der Waals surface area contributed by atoms with Gasteiger partial charge in [0, 0.05) is 37.4 Å². The normalized spacial score (nSPS) is 15.7. The summed E-state index contributed by atoms with van der Waals surface area (Å²) in [5, 5.41) is 28.6. The van der Waals surface area contributed by atoms with Crippen LogP contribution in [-0.2, 0) is 13.1 Å². The molecular formula is C31H30N4O6. The van der Waals surface area contributed by atoms with Crippen LogP contribution in [0.2, 0.25) is 0 Å². The summed E-state index contributed by atoms with van der Waals surface area (Å²) in [5.74, 6) is 3.82. The monoisotopic (exact) mass is 554 g/mol. The smallest absolute Gasteiger partial charge is 0.269 e. The molecule has 0 heterocycles. The molecule has 1 aliphatic carbocycles. The number of hydrogen-bond acceptors (Lipinski definition) is 8. The Morgan fingerprint density at radius 3 is 1.20 bits per heavy atom. The average Bonchev–Trinajstić information content (AvgIpc) is 3.73. The highest BCUT2D eigenvalue weighted by Gasteiger charge is 2.35. The second kappa shape index (κ2) is 13.0. The van der Waals surface area contributed by atoms with Gasteiger partial charge in [-0.25, -0.2) is 0 Å². The molecule has 2 atom stereocenters. The van der Waals surface area contributed by atoms with Gasteiger partial charge in [-0.1, -0.05) is 24.3 Å². The molecule has 0 bridgehead atoms. The average molecular weight is 555 g/mol. The van der Waals surface area contributed by atoms with Crippen LogP contribution in [0.4, 0.5) is 11.4 Å². The minimum atomic E-state index is -0.433. The zero-order valence-corrected chi connectivity index (χ0v) is 22.3. The number of nitro benzene ring substituents is 2. The maximum absolute atomic E-state index is 10.8. The van der Waals surface area contributed by atoms with Gasteiger partial charge >= 0.3 is 0 Å². The largest absolute Gasteiger partial charge is 0.457 e. The van der Waals surface area contributed by atoms with Crippen molar-refractivity contribution < 1.29 is 19.3 Å². The van der Waals surface area contributed by atoms with Crippen molar-refractivity contribution in [2.75, 3.05) is 13.1 Å². The van der Waals surface area contributed by atoms with Crippen molar-refractivity contribution in [2.24, 2.45) is 11.8 Å². The minimum Gasteiger partial charge on any atom is -0.457 e. The highest BCUT2D eigenvalue weighted by Crippen LogP contribution is 2.37. The van der Waals surface area contributed by atoms with Crippen molar-refractivity contribution in [3.8, 4) is 23.0 Å². The van der Waals surface area contributed by atoms with Crippen LogP contribution >= 0.6 is 0 Å². The molecule has 0 radical (unpaired) electrons. The lowest BCUT2D eigenvalue weighted by Gasteiger charge is -2.09. The first-order chi connectivity index (χ1) is 19.9. The molecule has 4 aromatic rings. The standard InChI is InChI=1S/C31H30N4O6/c36-34(37)26-5-13-30(14-6-26)40-28-9-1-22(2-10-28)18-32-20-24-17-25(24)21-33-19-23-3-11-29(12-4-23)41-31-15-7-27(8-16-31)35(38)39/h1-16,24-25,32-33H,17-21H2. The van der Waals surface area contributed by atoms with E-state index in [0.717, 1.165) is 37.3 Å². The van der Waals surface area contributed by atoms with Crippen molar-refractivity contribution >= 4 is 11.4 Å². The maximum atomic E-state index is 10.8. The summed E-state index contributed by atoms with van der Waals surface area (Å²) in [5.41, 5.74) is 2.40. The van der Waals surface area contributed by atoms with Gasteiger partial charge in [0.15, 0.2) is 0 Å². The Hall–Kier alpha value is -4.80. The van der Waals surface area contributed by atoms with E-state index >= 15 is 0 Å². The third kappa shape index (κ3) is 8.10. The molecule has 2 unspecified atom stereocenters. The molecule has 5 rings (SSSR count). The van der Waals surface area contributed by atoms with Gasteiger partial charge in [0.1, 0.15) is 23.0 Å². The lowest BCUT2D eigenvalue weighted by Crippen LogP contribution is -2.20. The molecule has 1 saturated carbocycles. The van der Waals surface area contributed by atoms with Crippen molar-refractivity contribution in [3.63, 3.8) is 0 Å². The van der Waals surface area contributed by atoms with E-state index in [0.29, 0.717) is 34.8 Å². The third-order valence-corrected chi connectivity index (χ3v) is 6.95. The Balaban J connectivity index is 0.958. The number of non-ortho nitro benzene ring substituents is 2. The van der Waals surface area contributed by atoms with Crippen molar-refractivity contribution in [3.05, 3.63) is 128 Å². The number of nitrogens with one attached hydrogen (secondary N) is 2.